The number of aliphatic imine (C=N–C) groups is 1. The van der Waals surface area contributed by atoms with Gasteiger partial charge in [-0.15, -0.1) is 0 Å². The number of guanidine groups is 1. The van der Waals surface area contributed by atoms with Crippen molar-refractivity contribution in [1.29, 1.82) is 0 Å². The van der Waals surface area contributed by atoms with Crippen LogP contribution in [0, 0.1) is 0 Å². The predicted molar refractivity (Wildman–Crippen MR) is 121 cm³/mol. The number of likely N-dealkylation sites (N-methyl/N-ethyl adjacent to an activating group) is 1. The molecule has 0 radical (unpaired) electrons. The molecule has 0 aromatic heterocycles. The lowest BCUT2D eigenvalue weighted by Crippen LogP contribution is -2.41. The lowest BCUT2D eigenvalue weighted by Gasteiger charge is -2.27. The Morgan fingerprint density at radius 3 is 2.44 bits per heavy atom. The summed E-state index contributed by atoms with van der Waals surface area (Å²) in [6.45, 7) is 1.55. The van der Waals surface area contributed by atoms with E-state index in [1.165, 1.54) is 4.90 Å². The van der Waals surface area contributed by atoms with E-state index >= 15 is 0 Å². The number of fused-ring (bicyclic) bond motifs is 2. The Labute approximate surface area is 187 Å². The number of hydrogen-bond acceptors (Lipinski definition) is 7. The zero-order valence-electron chi connectivity index (χ0n) is 18.7. The maximum Gasteiger partial charge on any atom is 0.261 e. The molecule has 8 heteroatoms. The van der Waals surface area contributed by atoms with Crippen LogP contribution in [0.1, 0.15) is 24.8 Å². The highest BCUT2D eigenvalue weighted by Gasteiger charge is 2.49. The van der Waals surface area contributed by atoms with Gasteiger partial charge in [0.2, 0.25) is 0 Å². The average molecular weight is 440 g/mol. The summed E-state index contributed by atoms with van der Waals surface area (Å²) in [4.78, 5) is 19.5. The predicted octanol–water partition coefficient (Wildman–Crippen LogP) is 2.93. The van der Waals surface area contributed by atoms with Crippen LogP contribution in [0.25, 0.3) is 11.1 Å². The van der Waals surface area contributed by atoms with Gasteiger partial charge in [-0.1, -0.05) is 12.1 Å². The van der Waals surface area contributed by atoms with Crippen molar-refractivity contribution in [3.63, 3.8) is 0 Å². The van der Waals surface area contributed by atoms with Crippen LogP contribution < -0.4 is 19.9 Å². The standard InChI is InChI=1S/C24H29N3O5/c1-27-22(28)24(26-23(27)25)10-13-31-11-4-5-12-32-19-8-6-16(14-18(19)24)17-7-9-20(29-2)21(15-17)30-3/h6-9,14-15H,4-5,10-13H2,1-3H3,(H2,25,26)/t24-/m0/s1. The molecule has 2 heterocycles. The van der Waals surface area contributed by atoms with Crippen LogP contribution in [0.5, 0.6) is 17.2 Å². The van der Waals surface area contributed by atoms with Crippen LogP contribution in [-0.4, -0.2) is 57.9 Å². The van der Waals surface area contributed by atoms with E-state index in [2.05, 4.69) is 4.99 Å². The lowest BCUT2D eigenvalue weighted by atomic mass is 9.84. The molecule has 2 aromatic carbocycles. The first-order chi connectivity index (χ1) is 15.5. The van der Waals surface area contributed by atoms with Crippen LogP contribution >= 0.6 is 0 Å². The van der Waals surface area contributed by atoms with Crippen molar-refractivity contribution in [3.05, 3.63) is 42.0 Å². The van der Waals surface area contributed by atoms with Crippen molar-refractivity contribution in [1.82, 2.24) is 4.90 Å². The number of carbonyl (C=O) groups is 1. The summed E-state index contributed by atoms with van der Waals surface area (Å²) in [6.07, 6.45) is 2.14. The number of ether oxygens (including phenoxy) is 4. The van der Waals surface area contributed by atoms with Gasteiger partial charge in [-0.05, 0) is 48.2 Å². The maximum absolute atomic E-state index is 13.4. The molecule has 8 nitrogen and oxygen atoms in total. The van der Waals surface area contributed by atoms with Crippen LogP contribution in [0.2, 0.25) is 0 Å². The topological polar surface area (TPSA) is 95.6 Å². The number of nitrogens with zero attached hydrogens (tertiary/aromatic N) is 2. The van der Waals surface area contributed by atoms with E-state index < -0.39 is 5.54 Å². The monoisotopic (exact) mass is 439 g/mol. The molecule has 1 spiro atoms. The maximum atomic E-state index is 13.4. The molecule has 0 aliphatic carbocycles. The molecular formula is C24H29N3O5. The minimum atomic E-state index is -1.19. The van der Waals surface area contributed by atoms with Gasteiger partial charge >= 0.3 is 0 Å². The normalized spacial score (nSPS) is 21.4. The molecule has 0 saturated heterocycles. The zero-order valence-corrected chi connectivity index (χ0v) is 18.7. The van der Waals surface area contributed by atoms with E-state index in [1.54, 1.807) is 21.3 Å². The van der Waals surface area contributed by atoms with Gasteiger partial charge in [0.05, 0.1) is 20.8 Å². The van der Waals surface area contributed by atoms with E-state index in [0.717, 1.165) is 24.0 Å². The van der Waals surface area contributed by atoms with Gasteiger partial charge in [-0.2, -0.15) is 0 Å². The molecule has 2 aliphatic heterocycles. The van der Waals surface area contributed by atoms with Crippen LogP contribution in [0.4, 0.5) is 0 Å². The second-order valence-corrected chi connectivity index (χ2v) is 7.89. The van der Waals surface area contributed by atoms with Crippen molar-refractivity contribution >= 4 is 11.9 Å². The van der Waals surface area contributed by atoms with Crippen LogP contribution in [0.15, 0.2) is 41.4 Å². The number of benzene rings is 2. The van der Waals surface area contributed by atoms with Gasteiger partial charge in [0.15, 0.2) is 23.0 Å². The van der Waals surface area contributed by atoms with E-state index in [0.29, 0.717) is 49.1 Å². The summed E-state index contributed by atoms with van der Waals surface area (Å²) in [5.74, 6) is 1.91. The van der Waals surface area contributed by atoms with Gasteiger partial charge in [-0.25, -0.2) is 4.99 Å². The van der Waals surface area contributed by atoms with Gasteiger partial charge in [0.1, 0.15) is 5.75 Å². The number of rotatable bonds is 3. The molecule has 0 saturated carbocycles. The number of carbonyl (C=O) groups excluding carboxylic acids is 1. The fourth-order valence-corrected chi connectivity index (χ4v) is 4.16. The van der Waals surface area contributed by atoms with Gasteiger partial charge in [0, 0.05) is 32.2 Å². The summed E-state index contributed by atoms with van der Waals surface area (Å²) in [5.41, 5.74) is 7.40. The van der Waals surface area contributed by atoms with Crippen LogP contribution in [0.3, 0.4) is 0 Å². The van der Waals surface area contributed by atoms with Gasteiger partial charge in [0.25, 0.3) is 5.91 Å². The molecule has 4 rings (SSSR count). The fraction of sp³-hybridized carbons (Fsp3) is 0.417. The Hall–Kier alpha value is -3.26. The fourth-order valence-electron chi connectivity index (χ4n) is 4.16. The molecule has 170 valence electrons. The molecule has 2 N–H and O–H groups in total. The molecule has 0 unspecified atom stereocenters. The summed E-state index contributed by atoms with van der Waals surface area (Å²) < 4.78 is 22.7. The Bertz CT molecular complexity index is 1040. The number of hydrogen-bond donors (Lipinski definition) is 1. The molecule has 0 fully saturated rings. The van der Waals surface area contributed by atoms with Crippen molar-refractivity contribution in [2.45, 2.75) is 24.8 Å². The first-order valence-electron chi connectivity index (χ1n) is 10.7. The molecule has 0 bridgehead atoms. The zero-order chi connectivity index (χ0) is 22.7. The second-order valence-electron chi connectivity index (χ2n) is 7.89. The first kappa shape index (κ1) is 22.0. The SMILES string of the molecule is COc1ccc(-c2ccc3c(c2)[C@]2(CCOCCCCO3)N=C(N)N(C)C2=O)cc1OC. The Morgan fingerprint density at radius 1 is 1.00 bits per heavy atom. The van der Waals surface area contributed by atoms with Gasteiger partial charge < -0.3 is 24.7 Å². The third-order valence-corrected chi connectivity index (χ3v) is 6.00. The Kier molecular flexibility index (Phi) is 6.23. The molecule has 2 aromatic rings. The highest BCUT2D eigenvalue weighted by Crippen LogP contribution is 2.43. The van der Waals surface area contributed by atoms with Crippen LogP contribution in [-0.2, 0) is 15.1 Å². The molecule has 1 atom stereocenters. The molecule has 1 amide bonds. The van der Waals surface area contributed by atoms with E-state index in [-0.39, 0.29) is 11.9 Å². The molecular weight excluding hydrogens is 410 g/mol. The van der Waals surface area contributed by atoms with E-state index in [1.807, 2.05) is 36.4 Å². The molecule has 2 aliphatic rings. The van der Waals surface area contributed by atoms with Crippen molar-refractivity contribution < 1.29 is 23.7 Å². The first-order valence-corrected chi connectivity index (χ1v) is 10.7. The number of amides is 1. The minimum absolute atomic E-state index is 0.187. The van der Waals surface area contributed by atoms with Crippen molar-refractivity contribution in [2.24, 2.45) is 10.7 Å². The summed E-state index contributed by atoms with van der Waals surface area (Å²) in [5, 5.41) is 0. The second kappa shape index (κ2) is 9.08. The smallest absolute Gasteiger partial charge is 0.261 e. The summed E-state index contributed by atoms with van der Waals surface area (Å²) >= 11 is 0. The van der Waals surface area contributed by atoms with Crippen molar-refractivity contribution in [3.8, 4) is 28.4 Å². The number of methoxy groups -OCH3 is 2. The summed E-state index contributed by atoms with van der Waals surface area (Å²) in [6, 6.07) is 11.5. The van der Waals surface area contributed by atoms with Crippen molar-refractivity contribution in [2.75, 3.05) is 41.1 Å². The summed E-state index contributed by atoms with van der Waals surface area (Å²) in [7, 11) is 4.84. The number of nitrogens with two attached hydrogens (primary N) is 1. The lowest BCUT2D eigenvalue weighted by molar-refractivity contribution is -0.131. The quantitative estimate of drug-likeness (QED) is 0.790. The Morgan fingerprint density at radius 2 is 1.72 bits per heavy atom. The average Bonchev–Trinajstić information content (AvgIpc) is 3.02. The minimum Gasteiger partial charge on any atom is -0.493 e. The highest BCUT2D eigenvalue weighted by molar-refractivity contribution is 6.07. The highest BCUT2D eigenvalue weighted by atomic mass is 16.5. The van der Waals surface area contributed by atoms with E-state index in [4.69, 9.17) is 24.7 Å². The van der Waals surface area contributed by atoms with Gasteiger partial charge in [-0.3, -0.25) is 9.69 Å². The third-order valence-electron chi connectivity index (χ3n) is 6.00. The van der Waals surface area contributed by atoms with E-state index in [9.17, 15) is 4.79 Å². The molecule has 32 heavy (non-hydrogen) atoms. The third kappa shape index (κ3) is 3.86. The Balaban J connectivity index is 1.86. The largest absolute Gasteiger partial charge is 0.493 e.